The van der Waals surface area contributed by atoms with Gasteiger partial charge in [-0.2, -0.15) is 0 Å². The molecule has 2 aromatic rings. The summed E-state index contributed by atoms with van der Waals surface area (Å²) in [5.74, 6) is 0.235. The lowest BCUT2D eigenvalue weighted by atomic mass is 9.85. The average Bonchev–Trinajstić information content (AvgIpc) is 2.43. The Morgan fingerprint density at radius 2 is 1.79 bits per heavy atom. The lowest BCUT2D eigenvalue weighted by Crippen LogP contribution is -2.12. The average molecular weight is 313 g/mol. The Hall–Kier alpha value is -1.67. The largest absolute Gasteiger partial charge is 0.294 e. The molecular weight excluding hydrogens is 300 g/mol. The number of ketones is 1. The van der Waals surface area contributed by atoms with Crippen molar-refractivity contribution in [3.05, 3.63) is 69.7 Å². The summed E-state index contributed by atoms with van der Waals surface area (Å²) < 4.78 is 1.07. The van der Waals surface area contributed by atoms with Crippen LogP contribution in [0.25, 0.3) is 11.6 Å². The molecule has 0 aromatic heterocycles. The Morgan fingerprint density at radius 3 is 2.58 bits per heavy atom. The zero-order valence-electron chi connectivity index (χ0n) is 10.4. The van der Waals surface area contributed by atoms with Crippen LogP contribution in [0, 0.1) is 0 Å². The van der Waals surface area contributed by atoms with Gasteiger partial charge in [0.1, 0.15) is 0 Å². The van der Waals surface area contributed by atoms with Gasteiger partial charge in [0, 0.05) is 16.5 Å². The Kier molecular flexibility index (Phi) is 3.34. The summed E-state index contributed by atoms with van der Waals surface area (Å²) in [4.78, 5) is 12.2. The molecule has 1 nitrogen and oxygen atoms in total. The van der Waals surface area contributed by atoms with E-state index in [1.54, 1.807) is 0 Å². The molecule has 0 heterocycles. The number of aryl methyl sites for hydroxylation is 1. The van der Waals surface area contributed by atoms with E-state index in [0.717, 1.165) is 27.6 Å². The second-order valence-corrected chi connectivity index (χ2v) is 5.61. The van der Waals surface area contributed by atoms with Crippen LogP contribution in [0.5, 0.6) is 0 Å². The molecule has 2 heteroatoms. The summed E-state index contributed by atoms with van der Waals surface area (Å²) in [6.07, 6.45) is 3.43. The van der Waals surface area contributed by atoms with Gasteiger partial charge in [-0.05, 0) is 41.3 Å². The predicted octanol–water partition coefficient (Wildman–Crippen LogP) is 4.51. The lowest BCUT2D eigenvalue weighted by Gasteiger charge is -2.18. The van der Waals surface area contributed by atoms with Gasteiger partial charge in [-0.1, -0.05) is 52.3 Å². The topological polar surface area (TPSA) is 17.1 Å². The molecule has 0 bridgehead atoms. The Balaban J connectivity index is 2.11. The summed E-state index contributed by atoms with van der Waals surface area (Å²) in [6.45, 7) is 0. The Labute approximate surface area is 121 Å². The van der Waals surface area contributed by atoms with Gasteiger partial charge >= 0.3 is 0 Å². The van der Waals surface area contributed by atoms with E-state index in [-0.39, 0.29) is 5.78 Å². The molecular formula is C17H13BrO. The van der Waals surface area contributed by atoms with Crippen molar-refractivity contribution >= 4 is 33.4 Å². The number of carbonyl (C=O) groups is 1. The Bertz CT molecular complexity index is 656. The summed E-state index contributed by atoms with van der Waals surface area (Å²) >= 11 is 3.49. The van der Waals surface area contributed by atoms with Gasteiger partial charge in [0.05, 0.1) is 0 Å². The number of hydrogen-bond donors (Lipinski definition) is 0. The summed E-state index contributed by atoms with van der Waals surface area (Å²) in [7, 11) is 0. The van der Waals surface area contributed by atoms with Crippen LogP contribution < -0.4 is 0 Å². The van der Waals surface area contributed by atoms with Crippen LogP contribution in [0.1, 0.15) is 23.1 Å². The van der Waals surface area contributed by atoms with Crippen LogP contribution in [0.15, 0.2) is 53.0 Å². The number of Topliss-reactive ketones (excluding diaryl/α,β-unsaturated/α-hetero) is 1. The molecule has 0 unspecified atom stereocenters. The highest BCUT2D eigenvalue weighted by Gasteiger charge is 2.21. The lowest BCUT2D eigenvalue weighted by molar-refractivity contribution is -0.113. The normalized spacial score (nSPS) is 16.5. The summed E-state index contributed by atoms with van der Waals surface area (Å²) in [5, 5.41) is 0. The molecule has 0 fully saturated rings. The van der Waals surface area contributed by atoms with Crippen molar-refractivity contribution in [3.8, 4) is 0 Å². The van der Waals surface area contributed by atoms with Crippen molar-refractivity contribution in [2.45, 2.75) is 12.8 Å². The highest BCUT2D eigenvalue weighted by molar-refractivity contribution is 9.10. The van der Waals surface area contributed by atoms with Crippen molar-refractivity contribution in [3.63, 3.8) is 0 Å². The van der Waals surface area contributed by atoms with Gasteiger partial charge in [0.15, 0.2) is 5.78 Å². The Morgan fingerprint density at radius 1 is 1.00 bits per heavy atom. The van der Waals surface area contributed by atoms with Crippen LogP contribution in [0.2, 0.25) is 0 Å². The molecule has 0 aliphatic heterocycles. The van der Waals surface area contributed by atoms with Gasteiger partial charge in [-0.3, -0.25) is 4.79 Å². The standard InChI is InChI=1S/C17H13BrO/c18-14-7-8-15-13(11-14)6-9-17(19)16(15)10-12-4-2-1-3-5-12/h1-5,7-8,10-11H,6,9H2. The molecule has 0 radical (unpaired) electrons. The number of hydrogen-bond acceptors (Lipinski definition) is 1. The van der Waals surface area contributed by atoms with E-state index < -0.39 is 0 Å². The SMILES string of the molecule is O=C1CCc2cc(Br)ccc2C1=Cc1ccccc1. The van der Waals surface area contributed by atoms with E-state index in [1.165, 1.54) is 5.56 Å². The fourth-order valence-electron chi connectivity index (χ4n) is 2.44. The highest BCUT2D eigenvalue weighted by atomic mass is 79.9. The molecule has 3 rings (SSSR count). The van der Waals surface area contributed by atoms with Gasteiger partial charge in [0.2, 0.25) is 0 Å². The third kappa shape index (κ3) is 2.54. The first-order valence-electron chi connectivity index (χ1n) is 6.33. The van der Waals surface area contributed by atoms with Gasteiger partial charge in [-0.15, -0.1) is 0 Å². The smallest absolute Gasteiger partial charge is 0.163 e. The first-order valence-corrected chi connectivity index (χ1v) is 7.12. The van der Waals surface area contributed by atoms with Crippen molar-refractivity contribution in [2.75, 3.05) is 0 Å². The molecule has 1 aliphatic carbocycles. The third-order valence-electron chi connectivity index (χ3n) is 3.39. The van der Waals surface area contributed by atoms with Gasteiger partial charge in [-0.25, -0.2) is 0 Å². The van der Waals surface area contributed by atoms with Gasteiger partial charge < -0.3 is 0 Å². The van der Waals surface area contributed by atoms with Crippen LogP contribution in [-0.4, -0.2) is 5.78 Å². The maximum Gasteiger partial charge on any atom is 0.163 e. The fourth-order valence-corrected chi connectivity index (χ4v) is 2.85. The quantitative estimate of drug-likeness (QED) is 0.708. The van der Waals surface area contributed by atoms with Crippen LogP contribution in [0.4, 0.5) is 0 Å². The van der Waals surface area contributed by atoms with Crippen molar-refractivity contribution in [2.24, 2.45) is 0 Å². The zero-order valence-corrected chi connectivity index (χ0v) is 12.0. The second-order valence-electron chi connectivity index (χ2n) is 4.69. The molecule has 0 saturated carbocycles. The van der Waals surface area contributed by atoms with Crippen LogP contribution in [0.3, 0.4) is 0 Å². The van der Waals surface area contributed by atoms with Gasteiger partial charge in [0.25, 0.3) is 0 Å². The summed E-state index contributed by atoms with van der Waals surface area (Å²) in [6, 6.07) is 16.1. The predicted molar refractivity (Wildman–Crippen MR) is 81.8 cm³/mol. The van der Waals surface area contributed by atoms with Crippen LogP contribution in [-0.2, 0) is 11.2 Å². The van der Waals surface area contributed by atoms with E-state index in [0.29, 0.717) is 6.42 Å². The molecule has 94 valence electrons. The minimum atomic E-state index is 0.235. The van der Waals surface area contributed by atoms with E-state index in [2.05, 4.69) is 22.0 Å². The molecule has 19 heavy (non-hydrogen) atoms. The molecule has 0 spiro atoms. The summed E-state index contributed by atoms with van der Waals surface area (Å²) in [5.41, 5.74) is 4.22. The van der Waals surface area contributed by atoms with Crippen molar-refractivity contribution in [1.82, 2.24) is 0 Å². The van der Waals surface area contributed by atoms with Crippen molar-refractivity contribution in [1.29, 1.82) is 0 Å². The number of benzene rings is 2. The fraction of sp³-hybridized carbons (Fsp3) is 0.118. The number of fused-ring (bicyclic) bond motifs is 1. The first kappa shape index (κ1) is 12.4. The third-order valence-corrected chi connectivity index (χ3v) is 3.88. The van der Waals surface area contributed by atoms with E-state index in [4.69, 9.17) is 0 Å². The molecule has 0 saturated heterocycles. The van der Waals surface area contributed by atoms with Crippen LogP contribution >= 0.6 is 15.9 Å². The number of rotatable bonds is 1. The second kappa shape index (κ2) is 5.14. The van der Waals surface area contributed by atoms with E-state index >= 15 is 0 Å². The number of allylic oxidation sites excluding steroid dienone is 1. The maximum absolute atomic E-state index is 12.2. The molecule has 0 N–H and O–H groups in total. The first-order chi connectivity index (χ1) is 9.24. The molecule has 0 amide bonds. The highest BCUT2D eigenvalue weighted by Crippen LogP contribution is 2.31. The molecule has 2 aromatic carbocycles. The maximum atomic E-state index is 12.2. The minimum Gasteiger partial charge on any atom is -0.294 e. The number of halogens is 1. The molecule has 0 atom stereocenters. The molecule has 1 aliphatic rings. The number of carbonyl (C=O) groups excluding carboxylic acids is 1. The van der Waals surface area contributed by atoms with Crippen molar-refractivity contribution < 1.29 is 4.79 Å². The monoisotopic (exact) mass is 312 g/mol. The zero-order chi connectivity index (χ0) is 13.2. The van der Waals surface area contributed by atoms with E-state index in [9.17, 15) is 4.79 Å². The minimum absolute atomic E-state index is 0.235. The van der Waals surface area contributed by atoms with E-state index in [1.807, 2.05) is 48.5 Å².